The van der Waals surface area contributed by atoms with Crippen LogP contribution in [0.25, 0.3) is 112 Å². The van der Waals surface area contributed by atoms with Gasteiger partial charge in [0.2, 0.25) is 11.8 Å². The Morgan fingerprint density at radius 2 is 0.831 bits per heavy atom. The molecule has 8 aromatic carbocycles. The van der Waals surface area contributed by atoms with E-state index in [9.17, 15) is 0 Å². The van der Waals surface area contributed by atoms with E-state index < -0.39 is 0 Å². The summed E-state index contributed by atoms with van der Waals surface area (Å²) in [4.78, 5) is 20.6. The van der Waals surface area contributed by atoms with Crippen molar-refractivity contribution in [3.8, 4) is 57.0 Å². The van der Waals surface area contributed by atoms with Crippen molar-refractivity contribution in [1.82, 2.24) is 29.1 Å². The summed E-state index contributed by atoms with van der Waals surface area (Å²) in [6.45, 7) is 0. The predicted molar refractivity (Wildman–Crippen MR) is 238 cm³/mol. The molecule has 12 rings (SSSR count). The Hall–Kier alpha value is -8.16. The van der Waals surface area contributed by atoms with Gasteiger partial charge < -0.3 is 8.98 Å². The highest BCUT2D eigenvalue weighted by Gasteiger charge is 2.23. The maximum absolute atomic E-state index is 6.11. The number of hydrogen-bond donors (Lipinski definition) is 0. The van der Waals surface area contributed by atoms with Gasteiger partial charge in [-0.15, -0.1) is 0 Å². The number of rotatable bonds is 6. The molecule has 0 N–H and O–H groups in total. The second-order valence-corrected chi connectivity index (χ2v) is 14.7. The van der Waals surface area contributed by atoms with Gasteiger partial charge in [0, 0.05) is 43.9 Å². The molecule has 0 bridgehead atoms. The standard InChI is InChI=1S/C52H32N6O/c1-3-13-33(14-4-1)34-23-25-35(26-24-34)49-54-50(36-27-29-37(30-28-36)51-53-43-19-9-12-22-46(43)59-51)56-52(55-49)58-45-21-11-8-18-40(45)42-32-31-41-39-17-7-10-20-44(39)57(47(41)48(42)58)38-15-5-2-6-16-38/h1-32H. The summed E-state index contributed by atoms with van der Waals surface area (Å²) in [5, 5.41) is 4.57. The first-order chi connectivity index (χ1) is 29.2. The van der Waals surface area contributed by atoms with Gasteiger partial charge in [-0.05, 0) is 59.7 Å². The van der Waals surface area contributed by atoms with Crippen LogP contribution in [0.1, 0.15) is 0 Å². The molecule has 0 aliphatic heterocycles. The number of aromatic nitrogens is 6. The van der Waals surface area contributed by atoms with Gasteiger partial charge in [-0.25, -0.2) is 9.97 Å². The van der Waals surface area contributed by atoms with Crippen molar-refractivity contribution in [2.45, 2.75) is 0 Å². The van der Waals surface area contributed by atoms with Crippen molar-refractivity contribution in [3.05, 3.63) is 194 Å². The van der Waals surface area contributed by atoms with Crippen LogP contribution in [-0.4, -0.2) is 29.1 Å². The molecular weight excluding hydrogens is 725 g/mol. The van der Waals surface area contributed by atoms with Crippen molar-refractivity contribution in [1.29, 1.82) is 0 Å². The van der Waals surface area contributed by atoms with Gasteiger partial charge in [0.1, 0.15) is 5.52 Å². The zero-order chi connectivity index (χ0) is 38.9. The van der Waals surface area contributed by atoms with Gasteiger partial charge in [-0.2, -0.15) is 9.97 Å². The Bertz CT molecular complexity index is 3500. The minimum absolute atomic E-state index is 0.531. The minimum atomic E-state index is 0.531. The Labute approximate surface area is 338 Å². The van der Waals surface area contributed by atoms with Crippen LogP contribution in [0.15, 0.2) is 199 Å². The molecular formula is C52H32N6O. The number of fused-ring (bicyclic) bond motifs is 8. The van der Waals surface area contributed by atoms with E-state index in [4.69, 9.17) is 24.4 Å². The van der Waals surface area contributed by atoms with Crippen LogP contribution < -0.4 is 0 Å². The van der Waals surface area contributed by atoms with E-state index in [1.807, 2.05) is 54.6 Å². The molecule has 12 aromatic rings. The molecule has 0 radical (unpaired) electrons. The molecule has 0 saturated carbocycles. The molecule has 4 aromatic heterocycles. The Morgan fingerprint density at radius 3 is 1.47 bits per heavy atom. The Kier molecular flexibility index (Phi) is 7.40. The van der Waals surface area contributed by atoms with E-state index >= 15 is 0 Å². The van der Waals surface area contributed by atoms with Crippen molar-refractivity contribution >= 4 is 54.7 Å². The zero-order valence-corrected chi connectivity index (χ0v) is 31.6. The van der Waals surface area contributed by atoms with Crippen LogP contribution in [0.3, 0.4) is 0 Å². The number of hydrogen-bond acceptors (Lipinski definition) is 5. The van der Waals surface area contributed by atoms with Crippen molar-refractivity contribution in [3.63, 3.8) is 0 Å². The topological polar surface area (TPSA) is 74.6 Å². The van der Waals surface area contributed by atoms with Gasteiger partial charge in [-0.1, -0.05) is 146 Å². The highest BCUT2D eigenvalue weighted by molar-refractivity contribution is 6.23. The highest BCUT2D eigenvalue weighted by atomic mass is 16.3. The molecule has 0 spiro atoms. The Balaban J connectivity index is 1.12. The largest absolute Gasteiger partial charge is 0.436 e. The second-order valence-electron chi connectivity index (χ2n) is 14.7. The number of oxazole rings is 1. The smallest absolute Gasteiger partial charge is 0.238 e. The normalized spacial score (nSPS) is 11.7. The lowest BCUT2D eigenvalue weighted by molar-refractivity contribution is 0.620. The molecule has 0 saturated heterocycles. The zero-order valence-electron chi connectivity index (χ0n) is 31.6. The third-order valence-electron chi connectivity index (χ3n) is 11.2. The predicted octanol–water partition coefficient (Wildman–Crippen LogP) is 12.9. The van der Waals surface area contributed by atoms with E-state index in [2.05, 4.69) is 149 Å². The van der Waals surface area contributed by atoms with E-state index in [-0.39, 0.29) is 0 Å². The average Bonchev–Trinajstić information content (AvgIpc) is 4.00. The SMILES string of the molecule is c1ccc(-c2ccc(-c3nc(-c4ccc(-c5nc6ccccc6o5)cc4)nc(-n4c5ccccc5c5ccc6c7ccccc7n(-c7ccccc7)c6c54)n3)cc2)cc1. The minimum Gasteiger partial charge on any atom is -0.436 e. The van der Waals surface area contributed by atoms with Crippen LogP contribution >= 0.6 is 0 Å². The summed E-state index contributed by atoms with van der Waals surface area (Å²) in [6, 6.07) is 67.0. The fraction of sp³-hybridized carbons (Fsp3) is 0. The fourth-order valence-corrected chi connectivity index (χ4v) is 8.48. The first kappa shape index (κ1) is 33.0. The van der Waals surface area contributed by atoms with Gasteiger partial charge >= 0.3 is 0 Å². The molecule has 0 aliphatic rings. The molecule has 276 valence electrons. The fourth-order valence-electron chi connectivity index (χ4n) is 8.48. The molecule has 7 heteroatoms. The van der Waals surface area contributed by atoms with Crippen molar-refractivity contribution in [2.24, 2.45) is 0 Å². The maximum Gasteiger partial charge on any atom is 0.238 e. The third kappa shape index (κ3) is 5.36. The first-order valence-corrected chi connectivity index (χ1v) is 19.6. The van der Waals surface area contributed by atoms with Crippen LogP contribution in [0.2, 0.25) is 0 Å². The lowest BCUT2D eigenvalue weighted by Crippen LogP contribution is -2.07. The molecule has 0 fully saturated rings. The number of benzene rings is 8. The molecule has 0 amide bonds. The second kappa shape index (κ2) is 13.2. The summed E-state index contributed by atoms with van der Waals surface area (Å²) in [5.41, 5.74) is 11.8. The lowest BCUT2D eigenvalue weighted by Gasteiger charge is -2.13. The molecule has 0 atom stereocenters. The summed E-state index contributed by atoms with van der Waals surface area (Å²) >= 11 is 0. The van der Waals surface area contributed by atoms with E-state index in [0.29, 0.717) is 23.5 Å². The first-order valence-electron chi connectivity index (χ1n) is 19.6. The van der Waals surface area contributed by atoms with E-state index in [1.165, 1.54) is 5.39 Å². The van der Waals surface area contributed by atoms with Crippen LogP contribution in [-0.2, 0) is 0 Å². The van der Waals surface area contributed by atoms with Gasteiger partial charge in [0.05, 0.1) is 22.1 Å². The molecule has 4 heterocycles. The van der Waals surface area contributed by atoms with E-state index in [1.54, 1.807) is 0 Å². The monoisotopic (exact) mass is 756 g/mol. The van der Waals surface area contributed by atoms with Crippen LogP contribution in [0.5, 0.6) is 0 Å². The lowest BCUT2D eigenvalue weighted by atomic mass is 10.0. The number of para-hydroxylation sites is 5. The van der Waals surface area contributed by atoms with Crippen molar-refractivity contribution < 1.29 is 4.42 Å². The molecule has 0 aliphatic carbocycles. The third-order valence-corrected chi connectivity index (χ3v) is 11.2. The van der Waals surface area contributed by atoms with Crippen molar-refractivity contribution in [2.75, 3.05) is 0 Å². The van der Waals surface area contributed by atoms with Gasteiger partial charge in [0.15, 0.2) is 17.2 Å². The van der Waals surface area contributed by atoms with Crippen LogP contribution in [0.4, 0.5) is 0 Å². The number of nitrogens with zero attached hydrogens (tertiary/aromatic N) is 6. The van der Waals surface area contributed by atoms with Crippen LogP contribution in [0, 0.1) is 0 Å². The summed E-state index contributed by atoms with van der Waals surface area (Å²) in [5.74, 6) is 2.23. The highest BCUT2D eigenvalue weighted by Crippen LogP contribution is 2.41. The summed E-state index contributed by atoms with van der Waals surface area (Å²) < 4.78 is 10.7. The average molecular weight is 757 g/mol. The Morgan fingerprint density at radius 1 is 0.339 bits per heavy atom. The van der Waals surface area contributed by atoms with E-state index in [0.717, 1.165) is 82.8 Å². The molecule has 7 nitrogen and oxygen atoms in total. The summed E-state index contributed by atoms with van der Waals surface area (Å²) in [7, 11) is 0. The summed E-state index contributed by atoms with van der Waals surface area (Å²) in [6.07, 6.45) is 0. The van der Waals surface area contributed by atoms with Gasteiger partial charge in [-0.3, -0.25) is 4.57 Å². The quantitative estimate of drug-likeness (QED) is 0.169. The van der Waals surface area contributed by atoms with Gasteiger partial charge in [0.25, 0.3) is 0 Å². The maximum atomic E-state index is 6.11. The molecule has 59 heavy (non-hydrogen) atoms. The molecule has 0 unspecified atom stereocenters.